The maximum atomic E-state index is 12.2. The van der Waals surface area contributed by atoms with Gasteiger partial charge in [-0.05, 0) is 47.5 Å². The molecular formula is C22H27N5O. The van der Waals surface area contributed by atoms with Crippen LogP contribution < -0.4 is 0 Å². The number of amidine groups is 1. The van der Waals surface area contributed by atoms with E-state index in [4.69, 9.17) is 4.99 Å². The van der Waals surface area contributed by atoms with Gasteiger partial charge in [-0.3, -0.25) is 4.68 Å². The van der Waals surface area contributed by atoms with Gasteiger partial charge in [0.15, 0.2) is 0 Å². The van der Waals surface area contributed by atoms with E-state index in [1.54, 1.807) is 6.20 Å². The molecule has 0 N–H and O–H groups in total. The van der Waals surface area contributed by atoms with Gasteiger partial charge >= 0.3 is 0 Å². The highest BCUT2D eigenvalue weighted by atomic mass is 16.1. The molecule has 1 aromatic heterocycles. The van der Waals surface area contributed by atoms with Gasteiger partial charge in [-0.2, -0.15) is 10.4 Å². The van der Waals surface area contributed by atoms with Crippen LogP contribution in [0.5, 0.6) is 0 Å². The minimum Gasteiger partial charge on any atom is -0.339 e. The van der Waals surface area contributed by atoms with Gasteiger partial charge in [0.1, 0.15) is 24.2 Å². The lowest BCUT2D eigenvalue weighted by Gasteiger charge is -2.40. The van der Waals surface area contributed by atoms with Crippen molar-refractivity contribution in [1.82, 2.24) is 14.7 Å². The second-order valence-corrected chi connectivity index (χ2v) is 8.47. The summed E-state index contributed by atoms with van der Waals surface area (Å²) < 4.78 is 1.88. The molecule has 0 saturated carbocycles. The van der Waals surface area contributed by atoms with E-state index in [0.29, 0.717) is 17.1 Å². The number of hydrogen-bond donors (Lipinski definition) is 0. The number of aldehydes is 1. The maximum Gasteiger partial charge on any atom is 0.148 e. The molecule has 2 atom stereocenters. The first-order chi connectivity index (χ1) is 13.2. The van der Waals surface area contributed by atoms with Crippen molar-refractivity contribution < 1.29 is 4.79 Å². The van der Waals surface area contributed by atoms with Crippen LogP contribution >= 0.6 is 0 Å². The Labute approximate surface area is 166 Å². The Morgan fingerprint density at radius 3 is 2.68 bits per heavy atom. The quantitative estimate of drug-likeness (QED) is 0.750. The third kappa shape index (κ3) is 3.33. The third-order valence-corrected chi connectivity index (χ3v) is 5.21. The van der Waals surface area contributed by atoms with E-state index in [1.165, 1.54) is 0 Å². The second kappa shape index (κ2) is 7.23. The minimum absolute atomic E-state index is 0.0873. The van der Waals surface area contributed by atoms with Gasteiger partial charge in [-0.25, -0.2) is 4.99 Å². The molecule has 0 aromatic carbocycles. The number of carbonyl (C=O) groups excluding carboxylic acids is 1. The molecule has 146 valence electrons. The third-order valence-electron chi connectivity index (χ3n) is 5.21. The topological polar surface area (TPSA) is 74.3 Å². The first-order valence-corrected chi connectivity index (χ1v) is 9.57. The largest absolute Gasteiger partial charge is 0.339 e. The number of allylic oxidation sites excluding steroid dienone is 1. The van der Waals surface area contributed by atoms with Crippen molar-refractivity contribution in [1.29, 1.82) is 5.26 Å². The Hall–Kier alpha value is -2.94. The number of aromatic nitrogens is 2. The summed E-state index contributed by atoms with van der Waals surface area (Å²) in [6, 6.07) is 1.82. The maximum absolute atomic E-state index is 12.2. The van der Waals surface area contributed by atoms with Crippen molar-refractivity contribution >= 4 is 17.8 Å². The van der Waals surface area contributed by atoms with Crippen molar-refractivity contribution in [2.24, 2.45) is 4.99 Å². The van der Waals surface area contributed by atoms with E-state index >= 15 is 0 Å². The van der Waals surface area contributed by atoms with E-state index in [1.807, 2.05) is 28.8 Å². The zero-order valence-electron chi connectivity index (χ0n) is 17.2. The smallest absolute Gasteiger partial charge is 0.148 e. The number of nitriles is 1. The van der Waals surface area contributed by atoms with Crippen LogP contribution in [0.4, 0.5) is 0 Å². The standard InChI is InChI=1S/C22H27N5O/c1-14(2)19-18(13-28)27-15(3)8-7-9-16(10-23)21(27)25-20(19)17-11-24-26(12-17)22(4,5)6/h9,11-13,15,18H,1,7-8H2,2-6H3. The van der Waals surface area contributed by atoms with Crippen LogP contribution in [0.15, 0.2) is 46.8 Å². The van der Waals surface area contributed by atoms with Gasteiger partial charge in [0, 0.05) is 23.4 Å². The Balaban J connectivity index is 2.27. The normalized spacial score (nSPS) is 22.6. The highest BCUT2D eigenvalue weighted by Gasteiger charge is 2.38. The first-order valence-electron chi connectivity index (χ1n) is 9.57. The van der Waals surface area contributed by atoms with Crippen molar-refractivity contribution in [3.05, 3.63) is 47.3 Å². The van der Waals surface area contributed by atoms with E-state index in [0.717, 1.165) is 35.8 Å². The summed E-state index contributed by atoms with van der Waals surface area (Å²) in [7, 11) is 0. The zero-order chi connectivity index (χ0) is 20.6. The number of nitrogens with zero attached hydrogens (tertiary/aromatic N) is 5. The van der Waals surface area contributed by atoms with Gasteiger partial charge < -0.3 is 9.69 Å². The molecule has 0 radical (unpaired) electrons. The first kappa shape index (κ1) is 19.8. The van der Waals surface area contributed by atoms with Crippen molar-refractivity contribution in [3.63, 3.8) is 0 Å². The lowest BCUT2D eigenvalue weighted by Crippen LogP contribution is -2.49. The van der Waals surface area contributed by atoms with Gasteiger partial charge in [0.25, 0.3) is 0 Å². The fourth-order valence-corrected chi connectivity index (χ4v) is 3.73. The van der Waals surface area contributed by atoms with E-state index < -0.39 is 6.04 Å². The monoisotopic (exact) mass is 377 g/mol. The van der Waals surface area contributed by atoms with Crippen molar-refractivity contribution in [3.8, 4) is 6.07 Å². The van der Waals surface area contributed by atoms with E-state index in [-0.39, 0.29) is 11.6 Å². The molecule has 2 aliphatic heterocycles. The summed E-state index contributed by atoms with van der Waals surface area (Å²) in [6.45, 7) is 14.3. The van der Waals surface area contributed by atoms with Crippen LogP contribution in [0.2, 0.25) is 0 Å². The molecule has 0 aliphatic carbocycles. The number of aliphatic imine (C=N–C) groups is 1. The van der Waals surface area contributed by atoms with Crippen LogP contribution in [0.3, 0.4) is 0 Å². The van der Waals surface area contributed by atoms with E-state index in [2.05, 4.69) is 45.4 Å². The van der Waals surface area contributed by atoms with Crippen molar-refractivity contribution in [2.45, 2.75) is 65.1 Å². The molecule has 0 bridgehead atoms. The molecule has 28 heavy (non-hydrogen) atoms. The molecule has 6 nitrogen and oxygen atoms in total. The predicted octanol–water partition coefficient (Wildman–Crippen LogP) is 3.84. The van der Waals surface area contributed by atoms with Crippen LogP contribution in [0.25, 0.3) is 5.70 Å². The molecule has 0 saturated heterocycles. The highest BCUT2D eigenvalue weighted by molar-refractivity contribution is 6.08. The molecular weight excluding hydrogens is 350 g/mol. The molecule has 1 aromatic rings. The zero-order valence-corrected chi connectivity index (χ0v) is 17.2. The fraction of sp³-hybridized carbons (Fsp3) is 0.455. The number of rotatable bonds is 3. The number of fused-ring (bicyclic) bond motifs is 1. The average Bonchev–Trinajstić information content (AvgIpc) is 3.07. The molecule has 6 heteroatoms. The van der Waals surface area contributed by atoms with Crippen LogP contribution in [0, 0.1) is 11.3 Å². The molecule has 3 rings (SSSR count). The average molecular weight is 377 g/mol. The van der Waals surface area contributed by atoms with Gasteiger partial charge in [0.05, 0.1) is 23.0 Å². The minimum atomic E-state index is -0.525. The van der Waals surface area contributed by atoms with Crippen molar-refractivity contribution in [2.75, 3.05) is 0 Å². The molecule has 0 amide bonds. The summed E-state index contributed by atoms with van der Waals surface area (Å²) in [5.74, 6) is 0.563. The molecule has 0 spiro atoms. The Bertz CT molecular complexity index is 948. The molecule has 0 fully saturated rings. The Morgan fingerprint density at radius 1 is 1.43 bits per heavy atom. The van der Waals surface area contributed by atoms with Crippen LogP contribution in [0.1, 0.15) is 53.0 Å². The molecule has 2 aliphatic rings. The predicted molar refractivity (Wildman–Crippen MR) is 110 cm³/mol. The van der Waals surface area contributed by atoms with Gasteiger partial charge in [-0.15, -0.1) is 0 Å². The van der Waals surface area contributed by atoms with Gasteiger partial charge in [0.2, 0.25) is 0 Å². The SMILES string of the molecule is C=C(C)C1=C(c2cnn(C(C)(C)C)c2)N=C2C(C#N)=CCCC(C)N2C1C=O. The number of hydrogen-bond acceptors (Lipinski definition) is 5. The molecule has 3 heterocycles. The molecule has 2 unspecified atom stereocenters. The lowest BCUT2D eigenvalue weighted by molar-refractivity contribution is -0.110. The summed E-state index contributed by atoms with van der Waals surface area (Å²) in [5.41, 5.74) is 3.41. The Morgan fingerprint density at radius 2 is 2.14 bits per heavy atom. The van der Waals surface area contributed by atoms with Crippen LogP contribution in [-0.2, 0) is 10.3 Å². The second-order valence-electron chi connectivity index (χ2n) is 8.47. The summed E-state index contributed by atoms with van der Waals surface area (Å²) in [6.07, 6.45) is 8.19. The van der Waals surface area contributed by atoms with Gasteiger partial charge in [-0.1, -0.05) is 18.2 Å². The fourth-order valence-electron chi connectivity index (χ4n) is 3.73. The number of carbonyl (C=O) groups is 1. The summed E-state index contributed by atoms with van der Waals surface area (Å²) in [5, 5.41) is 14.2. The summed E-state index contributed by atoms with van der Waals surface area (Å²) >= 11 is 0. The summed E-state index contributed by atoms with van der Waals surface area (Å²) in [4.78, 5) is 19.1. The highest BCUT2D eigenvalue weighted by Crippen LogP contribution is 2.37. The lowest BCUT2D eigenvalue weighted by atomic mass is 9.92. The van der Waals surface area contributed by atoms with E-state index in [9.17, 15) is 10.1 Å². The Kier molecular flexibility index (Phi) is 5.12. The van der Waals surface area contributed by atoms with Crippen LogP contribution in [-0.4, -0.2) is 38.9 Å².